The number of fused-ring (bicyclic) bond motifs is 1. The fourth-order valence-corrected chi connectivity index (χ4v) is 4.04. The van der Waals surface area contributed by atoms with Gasteiger partial charge in [0.2, 0.25) is 0 Å². The minimum Gasteiger partial charge on any atom is -0.478 e. The fraction of sp³-hybridized carbons (Fsp3) is 0.400. The maximum atomic E-state index is 11.3. The van der Waals surface area contributed by atoms with Crippen LogP contribution in [-0.2, 0) is 9.84 Å². The average molecular weight is 335 g/mol. The molecule has 1 saturated carbocycles. The number of nitrogens with zero attached hydrogens (tertiary/aromatic N) is 2. The zero-order valence-electron chi connectivity index (χ0n) is 12.6. The van der Waals surface area contributed by atoms with E-state index in [0.29, 0.717) is 11.3 Å². The minimum absolute atomic E-state index is 0.180. The topological polar surface area (TPSA) is 109 Å². The van der Waals surface area contributed by atoms with Gasteiger partial charge in [-0.2, -0.15) is 0 Å². The average Bonchev–Trinajstić information content (AvgIpc) is 2.43. The molecule has 3 rings (SSSR count). The molecule has 0 saturated heterocycles. The number of nitrogens with one attached hydrogen (secondary N) is 1. The second-order valence-electron chi connectivity index (χ2n) is 6.03. The second kappa shape index (κ2) is 5.77. The van der Waals surface area contributed by atoms with Gasteiger partial charge in [-0.15, -0.1) is 0 Å². The summed E-state index contributed by atoms with van der Waals surface area (Å²) >= 11 is 0. The van der Waals surface area contributed by atoms with Gasteiger partial charge >= 0.3 is 5.97 Å². The van der Waals surface area contributed by atoms with E-state index in [-0.39, 0.29) is 23.3 Å². The predicted octanol–water partition coefficient (Wildman–Crippen LogP) is 1.56. The van der Waals surface area contributed by atoms with Gasteiger partial charge in [-0.3, -0.25) is 0 Å². The molecular formula is C15H17N3O4S. The Bertz CT molecular complexity index is 860. The Kier molecular flexibility index (Phi) is 3.93. The van der Waals surface area contributed by atoms with Crippen LogP contribution in [0.4, 0.5) is 5.82 Å². The number of sulfone groups is 1. The van der Waals surface area contributed by atoms with Crippen molar-refractivity contribution in [3.8, 4) is 0 Å². The SMILES string of the molecule is CS(=O)(=O)CC1CC(Nc2ncnc3cc(C(=O)O)ccc23)C1. The van der Waals surface area contributed by atoms with Gasteiger partial charge < -0.3 is 10.4 Å². The van der Waals surface area contributed by atoms with E-state index in [2.05, 4.69) is 15.3 Å². The first-order valence-electron chi connectivity index (χ1n) is 7.24. The molecule has 0 bridgehead atoms. The smallest absolute Gasteiger partial charge is 0.335 e. The minimum atomic E-state index is -2.94. The fourth-order valence-electron chi connectivity index (χ4n) is 2.92. The quantitative estimate of drug-likeness (QED) is 0.853. The maximum absolute atomic E-state index is 11.3. The summed E-state index contributed by atoms with van der Waals surface area (Å²) in [7, 11) is -2.94. The number of aromatic carboxylic acids is 1. The van der Waals surface area contributed by atoms with Crippen LogP contribution in [0.3, 0.4) is 0 Å². The van der Waals surface area contributed by atoms with E-state index in [0.717, 1.165) is 18.2 Å². The highest BCUT2D eigenvalue weighted by molar-refractivity contribution is 7.90. The van der Waals surface area contributed by atoms with Crippen molar-refractivity contribution in [1.29, 1.82) is 0 Å². The van der Waals surface area contributed by atoms with Gasteiger partial charge in [0.25, 0.3) is 0 Å². The Morgan fingerprint density at radius 1 is 1.35 bits per heavy atom. The molecule has 1 aliphatic carbocycles. The third-order valence-electron chi connectivity index (χ3n) is 4.00. The molecule has 1 fully saturated rings. The Balaban J connectivity index is 1.73. The van der Waals surface area contributed by atoms with Crippen LogP contribution in [0.15, 0.2) is 24.5 Å². The van der Waals surface area contributed by atoms with Crippen molar-refractivity contribution >= 4 is 32.5 Å². The molecule has 7 nitrogen and oxygen atoms in total. The van der Waals surface area contributed by atoms with Gasteiger partial charge in [0, 0.05) is 17.7 Å². The van der Waals surface area contributed by atoms with E-state index in [1.54, 1.807) is 6.07 Å². The van der Waals surface area contributed by atoms with Crippen molar-refractivity contribution in [1.82, 2.24) is 9.97 Å². The van der Waals surface area contributed by atoms with Gasteiger partial charge in [-0.1, -0.05) is 0 Å². The van der Waals surface area contributed by atoms with Crippen LogP contribution in [-0.4, -0.2) is 47.5 Å². The van der Waals surface area contributed by atoms with Crippen molar-refractivity contribution < 1.29 is 18.3 Å². The molecule has 0 radical (unpaired) electrons. The lowest BCUT2D eigenvalue weighted by atomic mass is 9.81. The zero-order valence-corrected chi connectivity index (χ0v) is 13.4. The molecule has 1 heterocycles. The van der Waals surface area contributed by atoms with E-state index in [1.807, 2.05) is 0 Å². The number of rotatable bonds is 5. The van der Waals surface area contributed by atoms with Crippen LogP contribution < -0.4 is 5.32 Å². The number of aromatic nitrogens is 2. The molecule has 0 unspecified atom stereocenters. The molecule has 2 aromatic rings. The maximum Gasteiger partial charge on any atom is 0.335 e. The number of carbonyl (C=O) groups is 1. The molecule has 8 heteroatoms. The number of benzene rings is 1. The third-order valence-corrected chi connectivity index (χ3v) is 5.08. The Morgan fingerprint density at radius 2 is 2.09 bits per heavy atom. The van der Waals surface area contributed by atoms with Crippen LogP contribution >= 0.6 is 0 Å². The molecular weight excluding hydrogens is 318 g/mol. The van der Waals surface area contributed by atoms with Crippen molar-refractivity contribution in [2.24, 2.45) is 5.92 Å². The van der Waals surface area contributed by atoms with E-state index in [4.69, 9.17) is 5.11 Å². The monoisotopic (exact) mass is 335 g/mol. The van der Waals surface area contributed by atoms with Crippen molar-refractivity contribution in [2.75, 3.05) is 17.3 Å². The largest absolute Gasteiger partial charge is 0.478 e. The highest BCUT2D eigenvalue weighted by Crippen LogP contribution is 2.32. The van der Waals surface area contributed by atoms with Crippen LogP contribution in [0.1, 0.15) is 23.2 Å². The molecule has 0 atom stereocenters. The van der Waals surface area contributed by atoms with Gasteiger partial charge in [-0.05, 0) is 37.0 Å². The number of carboxylic acid groups (broad SMARTS) is 1. The summed E-state index contributed by atoms with van der Waals surface area (Å²) in [6, 6.07) is 4.90. The highest BCUT2D eigenvalue weighted by Gasteiger charge is 2.31. The second-order valence-corrected chi connectivity index (χ2v) is 8.22. The van der Waals surface area contributed by atoms with Crippen LogP contribution in [0.25, 0.3) is 10.9 Å². The molecule has 1 aliphatic rings. The summed E-state index contributed by atoms with van der Waals surface area (Å²) in [6.07, 6.45) is 4.21. The molecule has 1 aromatic carbocycles. The summed E-state index contributed by atoms with van der Waals surface area (Å²) in [5.41, 5.74) is 0.744. The van der Waals surface area contributed by atoms with Crippen molar-refractivity contribution in [3.05, 3.63) is 30.1 Å². The summed E-state index contributed by atoms with van der Waals surface area (Å²) in [6.45, 7) is 0. The van der Waals surface area contributed by atoms with Crippen LogP contribution in [0, 0.1) is 5.92 Å². The van der Waals surface area contributed by atoms with Gasteiger partial charge in [0.15, 0.2) is 0 Å². The number of anilines is 1. The van der Waals surface area contributed by atoms with E-state index >= 15 is 0 Å². The lowest BCUT2D eigenvalue weighted by Gasteiger charge is -2.35. The van der Waals surface area contributed by atoms with E-state index < -0.39 is 15.8 Å². The van der Waals surface area contributed by atoms with Gasteiger partial charge in [0.1, 0.15) is 22.0 Å². The lowest BCUT2D eigenvalue weighted by Crippen LogP contribution is -2.39. The third kappa shape index (κ3) is 3.58. The van der Waals surface area contributed by atoms with Crippen molar-refractivity contribution in [2.45, 2.75) is 18.9 Å². The number of hydrogen-bond acceptors (Lipinski definition) is 6. The summed E-state index contributed by atoms with van der Waals surface area (Å²) in [4.78, 5) is 19.3. The zero-order chi connectivity index (χ0) is 16.6. The van der Waals surface area contributed by atoms with Gasteiger partial charge in [0.05, 0.1) is 16.8 Å². The molecule has 23 heavy (non-hydrogen) atoms. The molecule has 1 aromatic heterocycles. The van der Waals surface area contributed by atoms with E-state index in [1.165, 1.54) is 24.7 Å². The molecule has 0 spiro atoms. The normalized spacial score (nSPS) is 20.9. The molecule has 2 N–H and O–H groups in total. The first kappa shape index (κ1) is 15.7. The van der Waals surface area contributed by atoms with Crippen molar-refractivity contribution in [3.63, 3.8) is 0 Å². The highest BCUT2D eigenvalue weighted by atomic mass is 32.2. The Hall–Kier alpha value is -2.22. The predicted molar refractivity (Wildman–Crippen MR) is 86.3 cm³/mol. The summed E-state index contributed by atoms with van der Waals surface area (Å²) < 4.78 is 22.5. The standard InChI is InChI=1S/C15H17N3O4S/c1-23(21,22)7-9-4-11(5-9)18-14-12-3-2-10(15(19)20)6-13(12)16-8-17-14/h2-3,6,8-9,11H,4-5,7H2,1H3,(H,19,20)(H,16,17,18). The van der Waals surface area contributed by atoms with Gasteiger partial charge in [-0.25, -0.2) is 23.2 Å². The number of hydrogen-bond donors (Lipinski definition) is 2. The van der Waals surface area contributed by atoms with Crippen LogP contribution in [0.2, 0.25) is 0 Å². The summed E-state index contributed by atoms with van der Waals surface area (Å²) in [5, 5.41) is 13.1. The number of carboxylic acids is 1. The first-order chi connectivity index (χ1) is 10.8. The summed E-state index contributed by atoms with van der Waals surface area (Å²) in [5.74, 6) is 0.0593. The first-order valence-corrected chi connectivity index (χ1v) is 9.30. The Morgan fingerprint density at radius 3 is 2.74 bits per heavy atom. The van der Waals surface area contributed by atoms with Crippen LogP contribution in [0.5, 0.6) is 0 Å². The van der Waals surface area contributed by atoms with E-state index in [9.17, 15) is 13.2 Å². The molecule has 122 valence electrons. The lowest BCUT2D eigenvalue weighted by molar-refractivity contribution is 0.0697. The molecule has 0 aliphatic heterocycles. The Labute approximate surface area is 133 Å². The molecule has 0 amide bonds.